The fourth-order valence-corrected chi connectivity index (χ4v) is 8.12. The quantitative estimate of drug-likeness (QED) is 0.414. The Bertz CT molecular complexity index is 1570. The highest BCUT2D eigenvalue weighted by molar-refractivity contribution is 9.10. The van der Waals surface area contributed by atoms with Crippen LogP contribution in [0.5, 0.6) is 0 Å². The van der Waals surface area contributed by atoms with Gasteiger partial charge >= 0.3 is 0 Å². The number of carbonyl (C=O) groups excluding carboxylic acids is 1. The van der Waals surface area contributed by atoms with Crippen LogP contribution in [0.25, 0.3) is 0 Å². The van der Waals surface area contributed by atoms with Crippen molar-refractivity contribution in [3.63, 3.8) is 0 Å². The number of sulfonamides is 2. The van der Waals surface area contributed by atoms with Crippen LogP contribution >= 0.6 is 27.5 Å². The van der Waals surface area contributed by atoms with Gasteiger partial charge < -0.3 is 5.32 Å². The van der Waals surface area contributed by atoms with E-state index in [0.29, 0.717) is 42.2 Å². The van der Waals surface area contributed by atoms with Crippen molar-refractivity contribution in [1.82, 2.24) is 4.31 Å². The zero-order valence-electron chi connectivity index (χ0n) is 20.2. The molecule has 12 heteroatoms. The molecule has 5 rings (SSSR count). The molecule has 0 aromatic heterocycles. The van der Waals surface area contributed by atoms with Crippen LogP contribution in [-0.4, -0.2) is 46.7 Å². The molecule has 0 atom stereocenters. The Morgan fingerprint density at radius 2 is 1.45 bits per heavy atom. The van der Waals surface area contributed by atoms with Crippen molar-refractivity contribution in [3.8, 4) is 0 Å². The average molecular weight is 639 g/mol. The number of halogens is 2. The Morgan fingerprint density at radius 1 is 0.842 bits per heavy atom. The predicted octanol–water partition coefficient (Wildman–Crippen LogP) is 4.89. The summed E-state index contributed by atoms with van der Waals surface area (Å²) in [5.74, 6) is -0.565. The third kappa shape index (κ3) is 5.35. The number of hydrogen-bond acceptors (Lipinski definition) is 5. The van der Waals surface area contributed by atoms with Gasteiger partial charge in [-0.15, -0.1) is 0 Å². The smallest absolute Gasteiger partial charge is 0.264 e. The van der Waals surface area contributed by atoms with Crippen molar-refractivity contribution < 1.29 is 21.6 Å². The minimum absolute atomic E-state index is 0.147. The van der Waals surface area contributed by atoms with Crippen molar-refractivity contribution in [3.05, 3.63) is 81.8 Å². The molecule has 1 amide bonds. The molecule has 2 aliphatic rings. The second kappa shape index (κ2) is 10.6. The minimum atomic E-state index is -3.78. The molecule has 3 aromatic rings. The lowest BCUT2D eigenvalue weighted by atomic mass is 9.97. The second-order valence-corrected chi connectivity index (χ2v) is 14.4. The van der Waals surface area contributed by atoms with Crippen molar-refractivity contribution in [1.29, 1.82) is 0 Å². The summed E-state index contributed by atoms with van der Waals surface area (Å²) < 4.78 is 56.0. The molecule has 2 heterocycles. The SMILES string of the molecule is O=C(Nc1ccc2c(c1)N(S(=O)(=O)c1ccc(Cl)cc1)CC2)C1CCN(S(=O)(=O)c2ccc(Br)cc2)CC1. The van der Waals surface area contributed by atoms with Gasteiger partial charge in [0.2, 0.25) is 15.9 Å². The fraction of sp³-hybridized carbons (Fsp3) is 0.269. The highest BCUT2D eigenvalue weighted by Gasteiger charge is 2.33. The highest BCUT2D eigenvalue weighted by atomic mass is 79.9. The van der Waals surface area contributed by atoms with Crippen LogP contribution in [0.15, 0.2) is 81.0 Å². The number of benzene rings is 3. The van der Waals surface area contributed by atoms with Gasteiger partial charge in [-0.05, 0) is 85.5 Å². The number of fused-ring (bicyclic) bond motifs is 1. The first-order chi connectivity index (χ1) is 18.1. The van der Waals surface area contributed by atoms with Gasteiger partial charge in [-0.1, -0.05) is 33.6 Å². The molecule has 0 spiro atoms. The molecule has 1 saturated heterocycles. The normalized spacial score (nSPS) is 16.8. The van der Waals surface area contributed by atoms with Crippen molar-refractivity contribution in [2.75, 3.05) is 29.3 Å². The lowest BCUT2D eigenvalue weighted by molar-refractivity contribution is -0.120. The summed E-state index contributed by atoms with van der Waals surface area (Å²) in [6, 6.07) is 17.8. The Labute approximate surface area is 235 Å². The Morgan fingerprint density at radius 3 is 2.11 bits per heavy atom. The molecule has 38 heavy (non-hydrogen) atoms. The predicted molar refractivity (Wildman–Crippen MR) is 150 cm³/mol. The van der Waals surface area contributed by atoms with Gasteiger partial charge in [0.15, 0.2) is 0 Å². The summed E-state index contributed by atoms with van der Waals surface area (Å²) in [6.07, 6.45) is 1.36. The third-order valence-electron chi connectivity index (χ3n) is 6.88. The summed E-state index contributed by atoms with van der Waals surface area (Å²) in [6.45, 7) is 0.796. The molecular formula is C26H25BrClN3O5S2. The molecule has 0 saturated carbocycles. The largest absolute Gasteiger partial charge is 0.326 e. The first-order valence-corrected chi connectivity index (χ1v) is 16.1. The summed E-state index contributed by atoms with van der Waals surface area (Å²) in [4.78, 5) is 13.4. The average Bonchev–Trinajstić information content (AvgIpc) is 3.33. The molecule has 8 nitrogen and oxygen atoms in total. The maximum Gasteiger partial charge on any atom is 0.264 e. The number of piperidine rings is 1. The summed E-state index contributed by atoms with van der Waals surface area (Å²) in [5.41, 5.74) is 1.91. The van der Waals surface area contributed by atoms with E-state index in [9.17, 15) is 21.6 Å². The topological polar surface area (TPSA) is 104 Å². The van der Waals surface area contributed by atoms with E-state index in [1.54, 1.807) is 36.4 Å². The number of rotatable bonds is 6. The first-order valence-electron chi connectivity index (χ1n) is 12.0. The highest BCUT2D eigenvalue weighted by Crippen LogP contribution is 2.36. The maximum atomic E-state index is 13.3. The molecule has 3 aromatic carbocycles. The van der Waals surface area contributed by atoms with E-state index in [4.69, 9.17) is 11.6 Å². The zero-order chi connectivity index (χ0) is 27.1. The van der Waals surface area contributed by atoms with Gasteiger partial charge in [0.05, 0.1) is 15.5 Å². The fourth-order valence-electron chi connectivity index (χ4n) is 4.77. The maximum absolute atomic E-state index is 13.3. The number of nitrogens with zero attached hydrogens (tertiary/aromatic N) is 2. The van der Waals surface area contributed by atoms with Gasteiger partial charge in [0, 0.05) is 40.7 Å². The van der Waals surface area contributed by atoms with E-state index in [1.807, 2.05) is 6.07 Å². The Balaban J connectivity index is 1.26. The van der Waals surface area contributed by atoms with Crippen LogP contribution in [0.2, 0.25) is 5.02 Å². The lowest BCUT2D eigenvalue weighted by Gasteiger charge is -2.30. The van der Waals surface area contributed by atoms with Gasteiger partial charge in [-0.25, -0.2) is 16.8 Å². The number of anilines is 2. The van der Waals surface area contributed by atoms with Gasteiger partial charge in [-0.2, -0.15) is 4.31 Å². The van der Waals surface area contributed by atoms with Gasteiger partial charge in [0.1, 0.15) is 0 Å². The molecule has 2 aliphatic heterocycles. The summed E-state index contributed by atoms with van der Waals surface area (Å²) in [7, 11) is -7.41. The minimum Gasteiger partial charge on any atom is -0.326 e. The first kappa shape index (κ1) is 27.1. The van der Waals surface area contributed by atoms with Crippen molar-refractivity contribution in [2.45, 2.75) is 29.1 Å². The van der Waals surface area contributed by atoms with Crippen LogP contribution in [0.3, 0.4) is 0 Å². The van der Waals surface area contributed by atoms with Crippen LogP contribution in [0.4, 0.5) is 11.4 Å². The van der Waals surface area contributed by atoms with E-state index in [0.717, 1.165) is 10.0 Å². The molecule has 1 fully saturated rings. The molecule has 0 unspecified atom stereocenters. The molecule has 200 valence electrons. The van der Waals surface area contributed by atoms with E-state index in [2.05, 4.69) is 21.2 Å². The van der Waals surface area contributed by atoms with Crippen LogP contribution in [-0.2, 0) is 31.3 Å². The Kier molecular flexibility index (Phi) is 7.58. The van der Waals surface area contributed by atoms with Gasteiger partial charge in [-0.3, -0.25) is 9.10 Å². The molecule has 1 N–H and O–H groups in total. The number of hydrogen-bond donors (Lipinski definition) is 1. The monoisotopic (exact) mass is 637 g/mol. The number of carbonyl (C=O) groups is 1. The summed E-state index contributed by atoms with van der Waals surface area (Å²) >= 11 is 9.23. The van der Waals surface area contributed by atoms with Crippen LogP contribution in [0.1, 0.15) is 18.4 Å². The van der Waals surface area contributed by atoms with E-state index in [-0.39, 0.29) is 34.7 Å². The van der Waals surface area contributed by atoms with Crippen molar-refractivity contribution in [2.24, 2.45) is 5.92 Å². The van der Waals surface area contributed by atoms with Crippen LogP contribution in [0, 0.1) is 5.92 Å². The summed E-state index contributed by atoms with van der Waals surface area (Å²) in [5, 5.41) is 3.35. The molecule has 0 radical (unpaired) electrons. The third-order valence-corrected chi connectivity index (χ3v) is 11.4. The van der Waals surface area contributed by atoms with Crippen LogP contribution < -0.4 is 9.62 Å². The number of nitrogens with one attached hydrogen (secondary N) is 1. The molecule has 0 aliphatic carbocycles. The van der Waals surface area contributed by atoms with Gasteiger partial charge in [0.25, 0.3) is 10.0 Å². The number of amides is 1. The standard InChI is InChI=1S/C26H25BrClN3O5S2/c27-20-2-7-23(8-3-20)37(33,34)30-14-11-19(12-15-30)26(32)29-22-6-1-18-13-16-31(25(18)17-22)38(35,36)24-9-4-21(28)5-10-24/h1-10,17,19H,11-16H2,(H,29,32). The molecular weight excluding hydrogens is 614 g/mol. The lowest BCUT2D eigenvalue weighted by Crippen LogP contribution is -2.41. The zero-order valence-corrected chi connectivity index (χ0v) is 24.2. The molecule has 0 bridgehead atoms. The van der Waals surface area contributed by atoms with Crippen molar-refractivity contribution >= 4 is 64.9 Å². The van der Waals surface area contributed by atoms with E-state index < -0.39 is 20.0 Å². The Hall–Kier alpha value is -2.44. The van der Waals surface area contributed by atoms with E-state index in [1.165, 1.54) is 32.9 Å². The second-order valence-electron chi connectivity index (χ2n) is 9.25. The van der Waals surface area contributed by atoms with E-state index >= 15 is 0 Å².